The first kappa shape index (κ1) is 25.3. The second-order valence-corrected chi connectivity index (χ2v) is 8.54. The third kappa shape index (κ3) is 7.92. The topological polar surface area (TPSA) is 58.6 Å². The Morgan fingerprint density at radius 1 is 0.912 bits per heavy atom. The zero-order valence-electron chi connectivity index (χ0n) is 19.5. The number of rotatable bonds is 12. The standard InChI is InChI=1S/C28H31ClN2O3/c1-2-3-18-30-28(33)26(19-22-10-6-4-7-11-22)31(20-23-12-8-5-9-13-23)27(32)21-34-25-16-14-24(29)15-17-25/h4-17,26H,2-3,18-21H2,1H3,(H,30,33)/t26-/m0/s1. The van der Waals surface area contributed by atoms with Gasteiger partial charge in [0.15, 0.2) is 6.61 Å². The molecule has 0 saturated heterocycles. The van der Waals surface area contributed by atoms with Gasteiger partial charge in [-0.05, 0) is 41.8 Å². The zero-order chi connectivity index (χ0) is 24.2. The summed E-state index contributed by atoms with van der Waals surface area (Å²) >= 11 is 5.95. The molecule has 3 rings (SSSR count). The Balaban J connectivity index is 1.85. The zero-order valence-corrected chi connectivity index (χ0v) is 20.2. The molecule has 2 amide bonds. The number of nitrogens with one attached hydrogen (secondary N) is 1. The maximum atomic E-state index is 13.4. The van der Waals surface area contributed by atoms with E-state index in [0.717, 1.165) is 24.0 Å². The van der Waals surface area contributed by atoms with Crippen LogP contribution < -0.4 is 10.1 Å². The van der Waals surface area contributed by atoms with Crippen molar-refractivity contribution in [3.05, 3.63) is 101 Å². The Morgan fingerprint density at radius 3 is 2.15 bits per heavy atom. The smallest absolute Gasteiger partial charge is 0.261 e. The Kier molecular flexibility index (Phi) is 9.98. The van der Waals surface area contributed by atoms with E-state index in [-0.39, 0.29) is 18.4 Å². The van der Waals surface area contributed by atoms with E-state index in [1.54, 1.807) is 29.2 Å². The van der Waals surface area contributed by atoms with Crippen LogP contribution in [0.4, 0.5) is 0 Å². The number of amides is 2. The minimum atomic E-state index is -0.666. The summed E-state index contributed by atoms with van der Waals surface area (Å²) in [5, 5.41) is 3.61. The second kappa shape index (κ2) is 13.4. The monoisotopic (exact) mass is 478 g/mol. The predicted molar refractivity (Wildman–Crippen MR) is 136 cm³/mol. The van der Waals surface area contributed by atoms with Crippen LogP contribution in [0.2, 0.25) is 5.02 Å². The van der Waals surface area contributed by atoms with Gasteiger partial charge in [-0.3, -0.25) is 9.59 Å². The summed E-state index contributed by atoms with van der Waals surface area (Å²) in [4.78, 5) is 28.4. The first-order valence-electron chi connectivity index (χ1n) is 11.6. The van der Waals surface area contributed by atoms with E-state index >= 15 is 0 Å². The lowest BCUT2D eigenvalue weighted by atomic mass is 10.0. The molecule has 34 heavy (non-hydrogen) atoms. The number of nitrogens with zero attached hydrogens (tertiary/aromatic N) is 1. The molecule has 0 aliphatic rings. The number of hydrogen-bond donors (Lipinski definition) is 1. The van der Waals surface area contributed by atoms with Crippen molar-refractivity contribution in [1.82, 2.24) is 10.2 Å². The van der Waals surface area contributed by atoms with E-state index in [4.69, 9.17) is 16.3 Å². The Morgan fingerprint density at radius 2 is 1.53 bits per heavy atom. The van der Waals surface area contributed by atoms with Crippen LogP contribution in [0.5, 0.6) is 5.75 Å². The molecule has 1 N–H and O–H groups in total. The van der Waals surface area contributed by atoms with E-state index in [0.29, 0.717) is 30.3 Å². The average Bonchev–Trinajstić information content (AvgIpc) is 2.87. The molecule has 0 fully saturated rings. The average molecular weight is 479 g/mol. The van der Waals surface area contributed by atoms with Crippen LogP contribution in [0.3, 0.4) is 0 Å². The van der Waals surface area contributed by atoms with Crippen molar-refractivity contribution in [1.29, 1.82) is 0 Å². The summed E-state index contributed by atoms with van der Waals surface area (Å²) in [6.07, 6.45) is 2.28. The highest BCUT2D eigenvalue weighted by Gasteiger charge is 2.30. The predicted octanol–water partition coefficient (Wildman–Crippen LogP) is 5.28. The summed E-state index contributed by atoms with van der Waals surface area (Å²) < 4.78 is 5.74. The molecule has 0 radical (unpaired) electrons. The lowest BCUT2D eigenvalue weighted by Gasteiger charge is -2.31. The van der Waals surface area contributed by atoms with Gasteiger partial charge in [-0.1, -0.05) is 85.6 Å². The molecular formula is C28H31ClN2O3. The summed E-state index contributed by atoms with van der Waals surface area (Å²) in [5.74, 6) is 0.128. The van der Waals surface area contributed by atoms with Gasteiger partial charge in [0.1, 0.15) is 11.8 Å². The van der Waals surface area contributed by atoms with Crippen molar-refractivity contribution >= 4 is 23.4 Å². The van der Waals surface area contributed by atoms with Gasteiger partial charge >= 0.3 is 0 Å². The van der Waals surface area contributed by atoms with Crippen molar-refractivity contribution in [3.63, 3.8) is 0 Å². The third-order valence-corrected chi connectivity index (χ3v) is 5.72. The van der Waals surface area contributed by atoms with Gasteiger partial charge in [0, 0.05) is 24.5 Å². The van der Waals surface area contributed by atoms with Gasteiger partial charge < -0.3 is 15.0 Å². The molecule has 0 aliphatic heterocycles. The van der Waals surface area contributed by atoms with Crippen LogP contribution in [0.1, 0.15) is 30.9 Å². The molecule has 6 heteroatoms. The van der Waals surface area contributed by atoms with Crippen molar-refractivity contribution < 1.29 is 14.3 Å². The molecule has 3 aromatic carbocycles. The molecule has 5 nitrogen and oxygen atoms in total. The number of halogens is 1. The quantitative estimate of drug-likeness (QED) is 0.360. The largest absolute Gasteiger partial charge is 0.484 e. The van der Waals surface area contributed by atoms with E-state index in [1.807, 2.05) is 60.7 Å². The third-order valence-electron chi connectivity index (χ3n) is 5.47. The van der Waals surface area contributed by atoms with Crippen molar-refractivity contribution in [2.24, 2.45) is 0 Å². The van der Waals surface area contributed by atoms with E-state index in [2.05, 4.69) is 12.2 Å². The minimum absolute atomic E-state index is 0.159. The van der Waals surface area contributed by atoms with Gasteiger partial charge in [0.2, 0.25) is 5.91 Å². The summed E-state index contributed by atoms with van der Waals surface area (Å²) in [5.41, 5.74) is 1.93. The molecule has 0 spiro atoms. The highest BCUT2D eigenvalue weighted by molar-refractivity contribution is 6.30. The molecule has 0 saturated carbocycles. The highest BCUT2D eigenvalue weighted by atomic mass is 35.5. The van der Waals surface area contributed by atoms with Crippen LogP contribution in [-0.4, -0.2) is 35.9 Å². The maximum absolute atomic E-state index is 13.4. The van der Waals surface area contributed by atoms with Crippen molar-refractivity contribution in [2.75, 3.05) is 13.2 Å². The first-order valence-corrected chi connectivity index (χ1v) is 12.0. The number of ether oxygens (including phenoxy) is 1. The fraction of sp³-hybridized carbons (Fsp3) is 0.286. The number of carbonyl (C=O) groups excluding carboxylic acids is 2. The lowest BCUT2D eigenvalue weighted by molar-refractivity contribution is -0.142. The molecule has 1 atom stereocenters. The molecule has 0 aromatic heterocycles. The normalized spacial score (nSPS) is 11.5. The van der Waals surface area contributed by atoms with Crippen LogP contribution in [0.15, 0.2) is 84.9 Å². The van der Waals surface area contributed by atoms with Crippen LogP contribution in [-0.2, 0) is 22.6 Å². The fourth-order valence-electron chi connectivity index (χ4n) is 3.60. The van der Waals surface area contributed by atoms with E-state index in [9.17, 15) is 9.59 Å². The summed E-state index contributed by atoms with van der Waals surface area (Å²) in [6.45, 7) is 2.78. The van der Waals surface area contributed by atoms with Crippen molar-refractivity contribution in [2.45, 2.75) is 38.8 Å². The van der Waals surface area contributed by atoms with Gasteiger partial charge in [0.25, 0.3) is 5.91 Å². The molecule has 178 valence electrons. The molecule has 0 aliphatic carbocycles. The van der Waals surface area contributed by atoms with Crippen molar-refractivity contribution in [3.8, 4) is 5.75 Å². The van der Waals surface area contributed by atoms with E-state index in [1.165, 1.54) is 0 Å². The maximum Gasteiger partial charge on any atom is 0.261 e. The molecular weight excluding hydrogens is 448 g/mol. The molecule has 0 bridgehead atoms. The summed E-state index contributed by atoms with van der Waals surface area (Å²) in [6, 6.07) is 25.6. The molecule has 3 aromatic rings. The van der Waals surface area contributed by atoms with Gasteiger partial charge in [-0.15, -0.1) is 0 Å². The van der Waals surface area contributed by atoms with Crippen LogP contribution in [0, 0.1) is 0 Å². The minimum Gasteiger partial charge on any atom is -0.484 e. The number of hydrogen-bond acceptors (Lipinski definition) is 3. The Bertz CT molecular complexity index is 1030. The lowest BCUT2D eigenvalue weighted by Crippen LogP contribution is -2.51. The molecule has 0 unspecified atom stereocenters. The van der Waals surface area contributed by atoms with Gasteiger partial charge in [0.05, 0.1) is 0 Å². The number of benzene rings is 3. The highest BCUT2D eigenvalue weighted by Crippen LogP contribution is 2.18. The van der Waals surface area contributed by atoms with Crippen LogP contribution in [0.25, 0.3) is 0 Å². The SMILES string of the molecule is CCCCNC(=O)[C@H](Cc1ccccc1)N(Cc1ccccc1)C(=O)COc1ccc(Cl)cc1. The fourth-order valence-corrected chi connectivity index (χ4v) is 3.73. The molecule has 0 heterocycles. The Labute approximate surface area is 206 Å². The van der Waals surface area contributed by atoms with Crippen LogP contribution >= 0.6 is 11.6 Å². The number of carbonyl (C=O) groups is 2. The van der Waals surface area contributed by atoms with E-state index < -0.39 is 6.04 Å². The van der Waals surface area contributed by atoms with Gasteiger partial charge in [-0.2, -0.15) is 0 Å². The first-order chi connectivity index (χ1) is 16.6. The van der Waals surface area contributed by atoms with Gasteiger partial charge in [-0.25, -0.2) is 0 Å². The number of unbranched alkanes of at least 4 members (excludes halogenated alkanes) is 1. The Hall–Kier alpha value is -3.31. The summed E-state index contributed by atoms with van der Waals surface area (Å²) in [7, 11) is 0. The second-order valence-electron chi connectivity index (χ2n) is 8.10.